The summed E-state index contributed by atoms with van der Waals surface area (Å²) < 4.78 is 5.57. The molecule has 1 fully saturated rings. The van der Waals surface area contributed by atoms with E-state index in [1.54, 1.807) is 0 Å². The van der Waals surface area contributed by atoms with Crippen LogP contribution in [0.2, 0.25) is 0 Å². The summed E-state index contributed by atoms with van der Waals surface area (Å²) in [5, 5.41) is 6.37. The Balaban J connectivity index is 0. The third-order valence-electron chi connectivity index (χ3n) is 3.70. The summed E-state index contributed by atoms with van der Waals surface area (Å²) in [6.07, 6.45) is 2.47. The van der Waals surface area contributed by atoms with Gasteiger partial charge in [-0.15, -0.1) is 0 Å². The summed E-state index contributed by atoms with van der Waals surface area (Å²) in [7, 11) is 0. The van der Waals surface area contributed by atoms with Crippen LogP contribution in [0.15, 0.2) is 0 Å². The SMILES string of the molecule is CCNC1CCN(CCOCCNC(=O)C(C)C)CC1.[HH].[HH]. The molecule has 1 amide bonds. The largest absolute Gasteiger partial charge is 0.378 e. The van der Waals surface area contributed by atoms with Crippen LogP contribution in [0.4, 0.5) is 0 Å². The Morgan fingerprint density at radius 1 is 1.35 bits per heavy atom. The van der Waals surface area contributed by atoms with Crippen LogP contribution in [-0.2, 0) is 9.53 Å². The Morgan fingerprint density at radius 2 is 2.05 bits per heavy atom. The minimum absolute atomic E-state index is 0. The Bertz CT molecular complexity index is 274. The molecule has 1 aliphatic rings. The van der Waals surface area contributed by atoms with Crippen molar-refractivity contribution in [3.05, 3.63) is 0 Å². The molecule has 0 aromatic rings. The monoisotopic (exact) mass is 289 g/mol. The third-order valence-corrected chi connectivity index (χ3v) is 3.70. The van der Waals surface area contributed by atoms with E-state index in [1.165, 1.54) is 12.8 Å². The predicted octanol–water partition coefficient (Wildman–Crippen LogP) is 1.34. The van der Waals surface area contributed by atoms with Gasteiger partial charge in [-0.2, -0.15) is 0 Å². The molecule has 0 aromatic heterocycles. The van der Waals surface area contributed by atoms with Crippen LogP contribution in [0, 0.1) is 5.92 Å². The zero-order valence-electron chi connectivity index (χ0n) is 13.3. The maximum atomic E-state index is 11.3. The van der Waals surface area contributed by atoms with Gasteiger partial charge >= 0.3 is 0 Å². The second-order valence-corrected chi connectivity index (χ2v) is 5.73. The number of carbonyl (C=O) groups is 1. The molecule has 1 aliphatic heterocycles. The zero-order chi connectivity index (χ0) is 14.8. The first-order valence-electron chi connectivity index (χ1n) is 7.94. The number of nitrogens with one attached hydrogen (secondary N) is 2. The van der Waals surface area contributed by atoms with Gasteiger partial charge in [0.25, 0.3) is 0 Å². The topological polar surface area (TPSA) is 53.6 Å². The quantitative estimate of drug-likeness (QED) is 0.629. The molecule has 0 atom stereocenters. The summed E-state index contributed by atoms with van der Waals surface area (Å²) in [6.45, 7) is 12.3. The minimum atomic E-state index is 0. The molecule has 1 heterocycles. The molecule has 5 heteroatoms. The average molecular weight is 289 g/mol. The number of ether oxygens (including phenoxy) is 1. The van der Waals surface area contributed by atoms with Crippen molar-refractivity contribution in [3.8, 4) is 0 Å². The lowest BCUT2D eigenvalue weighted by Gasteiger charge is -2.32. The van der Waals surface area contributed by atoms with Crippen molar-refractivity contribution in [2.75, 3.05) is 45.9 Å². The fourth-order valence-electron chi connectivity index (χ4n) is 2.40. The van der Waals surface area contributed by atoms with Gasteiger partial charge in [0.15, 0.2) is 0 Å². The van der Waals surface area contributed by atoms with E-state index in [2.05, 4.69) is 22.5 Å². The fourth-order valence-corrected chi connectivity index (χ4v) is 2.40. The summed E-state index contributed by atoms with van der Waals surface area (Å²) in [5.74, 6) is 0.145. The van der Waals surface area contributed by atoms with Crippen LogP contribution >= 0.6 is 0 Å². The number of hydrogen-bond donors (Lipinski definition) is 2. The van der Waals surface area contributed by atoms with Gasteiger partial charge in [-0.1, -0.05) is 20.8 Å². The first-order valence-corrected chi connectivity index (χ1v) is 7.94. The second kappa shape index (κ2) is 10.1. The van der Waals surface area contributed by atoms with Crippen molar-refractivity contribution >= 4 is 5.91 Å². The van der Waals surface area contributed by atoms with Crippen molar-refractivity contribution < 1.29 is 12.4 Å². The van der Waals surface area contributed by atoms with E-state index in [-0.39, 0.29) is 14.7 Å². The summed E-state index contributed by atoms with van der Waals surface area (Å²) >= 11 is 0. The van der Waals surface area contributed by atoms with E-state index < -0.39 is 0 Å². The lowest BCUT2D eigenvalue weighted by molar-refractivity contribution is -0.124. The summed E-state index contributed by atoms with van der Waals surface area (Å²) in [6, 6.07) is 0.698. The maximum absolute atomic E-state index is 11.3. The second-order valence-electron chi connectivity index (χ2n) is 5.73. The molecule has 0 saturated carbocycles. The van der Waals surface area contributed by atoms with E-state index in [0.29, 0.717) is 19.2 Å². The normalized spacial score (nSPS) is 17.6. The molecular weight excluding hydrogens is 254 g/mol. The minimum Gasteiger partial charge on any atom is -0.378 e. The van der Waals surface area contributed by atoms with Gasteiger partial charge in [0.2, 0.25) is 5.91 Å². The zero-order valence-corrected chi connectivity index (χ0v) is 13.3. The van der Waals surface area contributed by atoms with E-state index in [0.717, 1.165) is 32.8 Å². The highest BCUT2D eigenvalue weighted by atomic mass is 16.5. The highest BCUT2D eigenvalue weighted by Crippen LogP contribution is 2.09. The molecule has 1 rings (SSSR count). The third kappa shape index (κ3) is 7.22. The lowest BCUT2D eigenvalue weighted by Crippen LogP contribution is -2.43. The van der Waals surface area contributed by atoms with Crippen molar-refractivity contribution in [1.29, 1.82) is 0 Å². The highest BCUT2D eigenvalue weighted by molar-refractivity contribution is 5.77. The van der Waals surface area contributed by atoms with Gasteiger partial charge in [0, 0.05) is 27.9 Å². The highest BCUT2D eigenvalue weighted by Gasteiger charge is 2.17. The van der Waals surface area contributed by atoms with Crippen molar-refractivity contribution in [3.63, 3.8) is 0 Å². The molecular formula is C15H35N3O2. The molecule has 1 saturated heterocycles. The molecule has 0 bridgehead atoms. The molecule has 0 spiro atoms. The molecule has 20 heavy (non-hydrogen) atoms. The Morgan fingerprint density at radius 3 is 2.65 bits per heavy atom. The van der Waals surface area contributed by atoms with E-state index in [4.69, 9.17) is 4.74 Å². The van der Waals surface area contributed by atoms with Gasteiger partial charge in [-0.25, -0.2) is 0 Å². The van der Waals surface area contributed by atoms with Gasteiger partial charge in [-0.05, 0) is 32.5 Å². The molecule has 5 nitrogen and oxygen atoms in total. The number of rotatable bonds is 9. The van der Waals surface area contributed by atoms with Crippen LogP contribution in [0.5, 0.6) is 0 Å². The van der Waals surface area contributed by atoms with E-state index in [9.17, 15) is 4.79 Å². The number of hydrogen-bond acceptors (Lipinski definition) is 4. The van der Waals surface area contributed by atoms with Crippen LogP contribution < -0.4 is 10.6 Å². The van der Waals surface area contributed by atoms with Gasteiger partial charge in [0.05, 0.1) is 13.2 Å². The first kappa shape index (κ1) is 17.4. The Hall–Kier alpha value is -0.650. The number of likely N-dealkylation sites (tertiary alicyclic amines) is 1. The maximum Gasteiger partial charge on any atom is 0.222 e. The van der Waals surface area contributed by atoms with Crippen LogP contribution in [0.25, 0.3) is 0 Å². The molecule has 0 aromatic carbocycles. The van der Waals surface area contributed by atoms with Crippen molar-refractivity contribution in [2.45, 2.75) is 39.7 Å². The van der Waals surface area contributed by atoms with Crippen LogP contribution in [0.1, 0.15) is 36.5 Å². The smallest absolute Gasteiger partial charge is 0.222 e. The number of piperidine rings is 1. The van der Waals surface area contributed by atoms with Crippen LogP contribution in [0.3, 0.4) is 0 Å². The van der Waals surface area contributed by atoms with Gasteiger partial charge in [0.1, 0.15) is 0 Å². The number of nitrogens with zero attached hydrogens (tertiary/aromatic N) is 1. The Kier molecular flexibility index (Phi) is 8.82. The standard InChI is InChI=1S/C15H31N3O2.2H2/c1-4-16-14-5-8-18(9-6-14)10-12-20-11-7-17-15(19)13(2)3;;/h13-14,16H,4-12H2,1-3H3,(H,17,19);2*1H. The van der Waals surface area contributed by atoms with Crippen molar-refractivity contribution in [2.24, 2.45) is 5.92 Å². The lowest BCUT2D eigenvalue weighted by atomic mass is 10.1. The van der Waals surface area contributed by atoms with Crippen molar-refractivity contribution in [1.82, 2.24) is 15.5 Å². The van der Waals surface area contributed by atoms with E-state index in [1.807, 2.05) is 13.8 Å². The molecule has 0 unspecified atom stereocenters. The molecule has 0 radical (unpaired) electrons. The molecule has 0 aliphatic carbocycles. The molecule has 122 valence electrons. The molecule has 2 N–H and O–H groups in total. The number of amides is 1. The van der Waals surface area contributed by atoms with Gasteiger partial charge < -0.3 is 20.3 Å². The fraction of sp³-hybridized carbons (Fsp3) is 0.933. The first-order chi connectivity index (χ1) is 9.63. The summed E-state index contributed by atoms with van der Waals surface area (Å²) in [5.41, 5.74) is 0. The van der Waals surface area contributed by atoms with Gasteiger partial charge in [-0.3, -0.25) is 4.79 Å². The Labute approximate surface area is 126 Å². The predicted molar refractivity (Wildman–Crippen MR) is 86.0 cm³/mol. The van der Waals surface area contributed by atoms with Crippen LogP contribution in [-0.4, -0.2) is 62.8 Å². The number of carbonyl (C=O) groups excluding carboxylic acids is 1. The summed E-state index contributed by atoms with van der Waals surface area (Å²) in [4.78, 5) is 13.8. The van der Waals surface area contributed by atoms with E-state index >= 15 is 0 Å². The average Bonchev–Trinajstić information content (AvgIpc) is 2.44.